The van der Waals surface area contributed by atoms with Gasteiger partial charge in [0.2, 0.25) is 0 Å². The van der Waals surface area contributed by atoms with Crippen LogP contribution in [-0.2, 0) is 13.2 Å². The Morgan fingerprint density at radius 1 is 0.796 bits per heavy atom. The van der Waals surface area contributed by atoms with Gasteiger partial charge in [0.15, 0.2) is 16.6 Å². The zero-order valence-electron chi connectivity index (χ0n) is 26.6. The summed E-state index contributed by atoms with van der Waals surface area (Å²) in [5.41, 5.74) is 8.50. The van der Waals surface area contributed by atoms with E-state index in [-0.39, 0.29) is 5.91 Å². The summed E-state index contributed by atoms with van der Waals surface area (Å²) in [6.45, 7) is 3.19. The van der Waals surface area contributed by atoms with Crippen molar-refractivity contribution in [2.45, 2.75) is 20.1 Å². The number of thiazole rings is 1. The van der Waals surface area contributed by atoms with Gasteiger partial charge in [-0.25, -0.2) is 10.4 Å². The van der Waals surface area contributed by atoms with Crippen molar-refractivity contribution >= 4 is 50.2 Å². The maximum absolute atomic E-state index is 12.9. The van der Waals surface area contributed by atoms with Crippen molar-refractivity contribution < 1.29 is 19.0 Å². The molecule has 0 fully saturated rings. The maximum atomic E-state index is 12.9. The number of aromatic nitrogens is 1. The van der Waals surface area contributed by atoms with Gasteiger partial charge in [-0.3, -0.25) is 4.79 Å². The Balaban J connectivity index is 1.05. The third kappa shape index (κ3) is 9.34. The number of ether oxygens (including phenoxy) is 3. The third-order valence-corrected chi connectivity index (χ3v) is 8.50. The van der Waals surface area contributed by atoms with Crippen LogP contribution in [-0.4, -0.2) is 23.7 Å². The van der Waals surface area contributed by atoms with Gasteiger partial charge in [0, 0.05) is 32.2 Å². The lowest BCUT2D eigenvalue weighted by Crippen LogP contribution is -2.17. The number of halogens is 1. The Labute approximate surface area is 297 Å². The van der Waals surface area contributed by atoms with Crippen LogP contribution in [0.2, 0.25) is 0 Å². The molecule has 1 heterocycles. The summed E-state index contributed by atoms with van der Waals surface area (Å²) in [6, 6.07) is 38.6. The van der Waals surface area contributed by atoms with Crippen LogP contribution in [0.15, 0.2) is 136 Å². The van der Waals surface area contributed by atoms with Gasteiger partial charge in [-0.05, 0) is 72.6 Å². The normalized spacial score (nSPS) is 10.9. The van der Waals surface area contributed by atoms with E-state index in [9.17, 15) is 4.79 Å². The predicted octanol–water partition coefficient (Wildman–Crippen LogP) is 9.64. The van der Waals surface area contributed by atoms with Gasteiger partial charge in [-0.1, -0.05) is 82.7 Å². The van der Waals surface area contributed by atoms with E-state index in [2.05, 4.69) is 36.8 Å². The minimum atomic E-state index is -0.331. The van der Waals surface area contributed by atoms with E-state index in [1.54, 1.807) is 18.3 Å². The van der Waals surface area contributed by atoms with E-state index < -0.39 is 0 Å². The van der Waals surface area contributed by atoms with Crippen molar-refractivity contribution in [3.05, 3.63) is 153 Å². The molecule has 0 atom stereocenters. The lowest BCUT2D eigenvalue weighted by Gasteiger charge is -2.14. The number of hydrogen-bond donors (Lipinski definition) is 2. The second-order valence-corrected chi connectivity index (χ2v) is 12.5. The number of anilines is 2. The molecule has 246 valence electrons. The number of amides is 1. The van der Waals surface area contributed by atoms with Crippen molar-refractivity contribution in [1.29, 1.82) is 0 Å². The van der Waals surface area contributed by atoms with Crippen molar-refractivity contribution in [3.8, 4) is 28.5 Å². The maximum Gasteiger partial charge on any atom is 0.271 e. The smallest absolute Gasteiger partial charge is 0.271 e. The zero-order chi connectivity index (χ0) is 33.8. The standard InChI is InChI=1S/C39H33BrN4O4S/c1-2-46-37-21-28(13-19-36(37)48-24-27-9-5-3-6-10-27)25-47-35-20-18-32(40)22-31(35)23-41-44-38(45)30-16-14-29(15-17-30)34-26-49-39(43-34)42-33-11-7-4-8-12-33/h3-23,26H,2,24-25H2,1H3,(H,42,43)(H,44,45)/b41-23+. The first kappa shape index (κ1) is 33.5. The molecule has 0 aliphatic carbocycles. The van der Waals surface area contributed by atoms with Crippen LogP contribution in [0.5, 0.6) is 17.2 Å². The molecule has 1 amide bonds. The molecule has 0 bridgehead atoms. The van der Waals surface area contributed by atoms with Gasteiger partial charge < -0.3 is 19.5 Å². The minimum absolute atomic E-state index is 0.295. The zero-order valence-corrected chi connectivity index (χ0v) is 29.0. The Hall–Kier alpha value is -5.45. The summed E-state index contributed by atoms with van der Waals surface area (Å²) in [6.07, 6.45) is 1.56. The first-order chi connectivity index (χ1) is 24.0. The predicted molar refractivity (Wildman–Crippen MR) is 199 cm³/mol. The fourth-order valence-corrected chi connectivity index (χ4v) is 5.92. The number of benzene rings is 5. The summed E-state index contributed by atoms with van der Waals surface area (Å²) >= 11 is 5.04. The molecule has 2 N–H and O–H groups in total. The molecular formula is C39H33BrN4O4S. The summed E-state index contributed by atoms with van der Waals surface area (Å²) in [7, 11) is 0. The molecule has 10 heteroatoms. The van der Waals surface area contributed by atoms with Crippen molar-refractivity contribution in [3.63, 3.8) is 0 Å². The molecule has 49 heavy (non-hydrogen) atoms. The first-order valence-electron chi connectivity index (χ1n) is 15.6. The van der Waals surface area contributed by atoms with Gasteiger partial charge >= 0.3 is 0 Å². The quantitative estimate of drug-likeness (QED) is 0.0856. The monoisotopic (exact) mass is 732 g/mol. The Bertz CT molecular complexity index is 2020. The molecule has 5 aromatic carbocycles. The second-order valence-electron chi connectivity index (χ2n) is 10.8. The molecule has 0 saturated heterocycles. The van der Waals surface area contributed by atoms with Gasteiger partial charge in [-0.2, -0.15) is 5.10 Å². The van der Waals surface area contributed by atoms with E-state index in [4.69, 9.17) is 14.2 Å². The van der Waals surface area contributed by atoms with Gasteiger partial charge in [-0.15, -0.1) is 11.3 Å². The van der Waals surface area contributed by atoms with Gasteiger partial charge in [0.25, 0.3) is 5.91 Å². The van der Waals surface area contributed by atoms with Crippen LogP contribution >= 0.6 is 27.3 Å². The highest BCUT2D eigenvalue weighted by Gasteiger charge is 2.11. The van der Waals surface area contributed by atoms with Gasteiger partial charge in [0.05, 0.1) is 18.5 Å². The average Bonchev–Trinajstić information content (AvgIpc) is 3.60. The number of carbonyl (C=O) groups excluding carboxylic acids is 1. The number of rotatable bonds is 14. The van der Waals surface area contributed by atoms with E-state index in [1.165, 1.54) is 11.3 Å². The van der Waals surface area contributed by atoms with Crippen LogP contribution in [0, 0.1) is 0 Å². The lowest BCUT2D eigenvalue weighted by molar-refractivity contribution is 0.0955. The molecule has 1 aromatic heterocycles. The summed E-state index contributed by atoms with van der Waals surface area (Å²) in [5, 5.41) is 10.3. The van der Waals surface area contributed by atoms with Gasteiger partial charge in [0.1, 0.15) is 19.0 Å². The second kappa shape index (κ2) is 16.6. The highest BCUT2D eigenvalue weighted by molar-refractivity contribution is 9.10. The molecule has 0 unspecified atom stereocenters. The summed E-state index contributed by atoms with van der Waals surface area (Å²) in [4.78, 5) is 17.6. The van der Waals surface area contributed by atoms with E-state index >= 15 is 0 Å². The van der Waals surface area contributed by atoms with E-state index in [0.717, 1.165) is 37.7 Å². The summed E-state index contributed by atoms with van der Waals surface area (Å²) < 4.78 is 18.9. The highest BCUT2D eigenvalue weighted by Crippen LogP contribution is 2.31. The van der Waals surface area contributed by atoms with Crippen molar-refractivity contribution in [1.82, 2.24) is 10.4 Å². The van der Waals surface area contributed by atoms with Crippen molar-refractivity contribution in [2.24, 2.45) is 5.10 Å². The lowest BCUT2D eigenvalue weighted by atomic mass is 10.1. The number of hydrazone groups is 1. The van der Waals surface area contributed by atoms with E-state index in [1.807, 2.05) is 121 Å². The van der Waals surface area contributed by atoms with Crippen LogP contribution in [0.1, 0.15) is 34.0 Å². The van der Waals surface area contributed by atoms with Crippen LogP contribution in [0.3, 0.4) is 0 Å². The highest BCUT2D eigenvalue weighted by atomic mass is 79.9. The molecule has 0 aliphatic rings. The molecule has 0 aliphatic heterocycles. The average molecular weight is 734 g/mol. The Kier molecular flexibility index (Phi) is 11.3. The fourth-order valence-electron chi connectivity index (χ4n) is 4.80. The van der Waals surface area contributed by atoms with Crippen LogP contribution < -0.4 is 25.0 Å². The van der Waals surface area contributed by atoms with Crippen LogP contribution in [0.25, 0.3) is 11.3 Å². The number of carbonyl (C=O) groups is 1. The Morgan fingerprint density at radius 3 is 2.29 bits per heavy atom. The Morgan fingerprint density at radius 2 is 1.51 bits per heavy atom. The number of nitrogens with one attached hydrogen (secondary N) is 2. The largest absolute Gasteiger partial charge is 0.490 e. The van der Waals surface area contributed by atoms with Crippen LogP contribution in [0.4, 0.5) is 10.8 Å². The van der Waals surface area contributed by atoms with Crippen molar-refractivity contribution in [2.75, 3.05) is 11.9 Å². The number of hydrogen-bond acceptors (Lipinski definition) is 8. The molecule has 6 aromatic rings. The molecule has 0 radical (unpaired) electrons. The molecular weight excluding hydrogens is 700 g/mol. The first-order valence-corrected chi connectivity index (χ1v) is 17.3. The molecule has 8 nitrogen and oxygen atoms in total. The molecule has 0 saturated carbocycles. The summed E-state index contributed by atoms with van der Waals surface area (Å²) in [5.74, 6) is 1.61. The molecule has 6 rings (SSSR count). The topological polar surface area (TPSA) is 94.1 Å². The fraction of sp³-hybridized carbons (Fsp3) is 0.103. The SMILES string of the molecule is CCOc1cc(COc2ccc(Br)cc2/C=N/NC(=O)c2ccc(-c3csc(Nc4ccccc4)n3)cc2)ccc1OCc1ccccc1. The number of para-hydroxylation sites is 1. The number of nitrogens with zero attached hydrogens (tertiary/aromatic N) is 2. The third-order valence-electron chi connectivity index (χ3n) is 7.25. The van der Waals surface area contributed by atoms with E-state index in [0.29, 0.717) is 48.2 Å². The molecule has 0 spiro atoms. The minimum Gasteiger partial charge on any atom is -0.490 e.